The van der Waals surface area contributed by atoms with Crippen molar-refractivity contribution in [3.63, 3.8) is 0 Å². The molecule has 2 aromatic carbocycles. The van der Waals surface area contributed by atoms with E-state index in [-0.39, 0.29) is 12.6 Å². The molecule has 6 nitrogen and oxygen atoms in total. The Bertz CT molecular complexity index is 960. The second-order valence-electron chi connectivity index (χ2n) is 7.74. The van der Waals surface area contributed by atoms with E-state index < -0.39 is 11.4 Å². The highest BCUT2D eigenvalue weighted by Crippen LogP contribution is 2.46. The van der Waals surface area contributed by atoms with Crippen molar-refractivity contribution < 1.29 is 19.4 Å². The number of hydrogen-bond acceptors (Lipinski definition) is 4. The minimum atomic E-state index is -0.860. The summed E-state index contributed by atoms with van der Waals surface area (Å²) in [4.78, 5) is 27.4. The molecular weight excluding hydrogens is 424 g/mol. The second kappa shape index (κ2) is 8.40. The molecule has 0 saturated heterocycles. The molecule has 1 aliphatic heterocycles. The van der Waals surface area contributed by atoms with Gasteiger partial charge in [-0.2, -0.15) is 0 Å². The van der Waals surface area contributed by atoms with Gasteiger partial charge in [-0.15, -0.1) is 0 Å². The molecule has 158 valence electrons. The van der Waals surface area contributed by atoms with Crippen molar-refractivity contribution in [1.29, 1.82) is 0 Å². The third-order valence-electron chi connectivity index (χ3n) is 5.78. The topological polar surface area (TPSA) is 70.1 Å². The van der Waals surface area contributed by atoms with Crippen LogP contribution in [-0.2, 0) is 4.79 Å². The highest BCUT2D eigenvalue weighted by molar-refractivity contribution is 8.01. The summed E-state index contributed by atoms with van der Waals surface area (Å²) < 4.78 is 7.66. The summed E-state index contributed by atoms with van der Waals surface area (Å²) in [7, 11) is 1.70. The van der Waals surface area contributed by atoms with E-state index in [1.165, 1.54) is 11.9 Å². The van der Waals surface area contributed by atoms with E-state index in [0.29, 0.717) is 29.3 Å². The van der Waals surface area contributed by atoms with Crippen molar-refractivity contribution in [3.05, 3.63) is 47.5 Å². The molecule has 1 saturated carbocycles. The molecule has 2 amide bonds. The summed E-state index contributed by atoms with van der Waals surface area (Å²) in [5.41, 5.74) is 0.528. The third kappa shape index (κ3) is 3.84. The molecule has 1 fully saturated rings. The summed E-state index contributed by atoms with van der Waals surface area (Å²) in [5, 5.41) is 10.4. The van der Waals surface area contributed by atoms with Crippen molar-refractivity contribution in [2.45, 2.75) is 37.0 Å². The van der Waals surface area contributed by atoms with Gasteiger partial charge in [0.1, 0.15) is 23.5 Å². The fourth-order valence-corrected chi connectivity index (χ4v) is 5.21. The Morgan fingerprint density at radius 1 is 1.17 bits per heavy atom. The van der Waals surface area contributed by atoms with Crippen LogP contribution in [0.2, 0.25) is 5.02 Å². The minimum Gasteiger partial charge on any atom is -0.490 e. The number of nitrogens with zero attached hydrogens (tertiary/aromatic N) is 2. The first kappa shape index (κ1) is 20.9. The van der Waals surface area contributed by atoms with Crippen molar-refractivity contribution in [1.82, 2.24) is 0 Å². The number of fused-ring (bicyclic) bond motifs is 1. The van der Waals surface area contributed by atoms with E-state index in [2.05, 4.69) is 0 Å². The number of carbonyl (C=O) groups is 2. The number of benzene rings is 2. The Morgan fingerprint density at radius 3 is 2.53 bits per heavy atom. The predicted octanol–water partition coefficient (Wildman–Crippen LogP) is 5.84. The van der Waals surface area contributed by atoms with Gasteiger partial charge >= 0.3 is 12.0 Å². The molecule has 0 unspecified atom stereocenters. The van der Waals surface area contributed by atoms with E-state index >= 15 is 0 Å². The maximum Gasteiger partial charge on any atom is 0.339 e. The second-order valence-corrected chi connectivity index (χ2v) is 9.17. The molecular formula is C22H23ClN2O4S. The SMILES string of the molecule is CN1C(=O)N(c2ccc(Cl)cc2)Sc2cccc(OCC3(C(=O)O)CCCCC3)c21. The zero-order valence-corrected chi connectivity index (χ0v) is 18.2. The van der Waals surface area contributed by atoms with Crippen molar-refractivity contribution in [2.75, 3.05) is 22.9 Å². The summed E-state index contributed by atoms with van der Waals surface area (Å²) in [6.07, 6.45) is 4.08. The first-order chi connectivity index (χ1) is 14.4. The van der Waals surface area contributed by atoms with Crippen LogP contribution < -0.4 is 13.9 Å². The lowest BCUT2D eigenvalue weighted by molar-refractivity contribution is -0.153. The molecule has 1 aliphatic carbocycles. The Balaban J connectivity index is 1.60. The number of aliphatic carboxylic acids is 1. The normalized spacial score (nSPS) is 18.1. The van der Waals surface area contributed by atoms with Crippen LogP contribution in [0, 0.1) is 5.41 Å². The van der Waals surface area contributed by atoms with E-state index in [1.54, 1.807) is 46.6 Å². The highest BCUT2D eigenvalue weighted by Gasteiger charge is 2.41. The fraction of sp³-hybridized carbons (Fsp3) is 0.364. The quantitative estimate of drug-likeness (QED) is 0.584. The van der Waals surface area contributed by atoms with Crippen molar-refractivity contribution in [3.8, 4) is 5.75 Å². The lowest BCUT2D eigenvalue weighted by Gasteiger charge is -2.36. The largest absolute Gasteiger partial charge is 0.490 e. The zero-order chi connectivity index (χ0) is 21.3. The van der Waals surface area contributed by atoms with Crippen LogP contribution >= 0.6 is 23.5 Å². The number of carboxylic acids is 1. The Labute approximate surface area is 184 Å². The highest BCUT2D eigenvalue weighted by atomic mass is 35.5. The first-order valence-electron chi connectivity index (χ1n) is 9.92. The minimum absolute atomic E-state index is 0.104. The van der Waals surface area contributed by atoms with Gasteiger partial charge in [-0.3, -0.25) is 9.69 Å². The van der Waals surface area contributed by atoms with Gasteiger partial charge in [0.05, 0.1) is 10.6 Å². The maximum atomic E-state index is 13.1. The van der Waals surface area contributed by atoms with E-state index in [1.807, 2.05) is 12.1 Å². The molecule has 0 bridgehead atoms. The van der Waals surface area contributed by atoms with Crippen LogP contribution in [0.25, 0.3) is 0 Å². The number of carboxylic acid groups (broad SMARTS) is 1. The van der Waals surface area contributed by atoms with E-state index in [0.717, 1.165) is 29.8 Å². The number of amides is 2. The summed E-state index contributed by atoms with van der Waals surface area (Å²) in [6, 6.07) is 12.4. The van der Waals surface area contributed by atoms with Crippen molar-refractivity contribution >= 4 is 46.9 Å². The number of hydrogen-bond donors (Lipinski definition) is 1. The van der Waals surface area contributed by atoms with Crippen LogP contribution in [0.15, 0.2) is 47.4 Å². The fourth-order valence-electron chi connectivity index (χ4n) is 4.00. The van der Waals surface area contributed by atoms with Gasteiger partial charge in [0.15, 0.2) is 0 Å². The van der Waals surface area contributed by atoms with Gasteiger partial charge in [-0.05, 0) is 61.2 Å². The van der Waals surface area contributed by atoms with Gasteiger partial charge in [0.2, 0.25) is 0 Å². The molecule has 0 spiro atoms. The summed E-state index contributed by atoms with van der Waals surface area (Å²) >= 11 is 7.28. The molecule has 0 atom stereocenters. The maximum absolute atomic E-state index is 13.1. The van der Waals surface area contributed by atoms with Crippen LogP contribution in [0.4, 0.5) is 16.2 Å². The third-order valence-corrected chi connectivity index (χ3v) is 7.10. The number of carbonyl (C=O) groups excluding carboxylic acids is 1. The average molecular weight is 447 g/mol. The summed E-state index contributed by atoms with van der Waals surface area (Å²) in [6.45, 7) is 0.104. The van der Waals surface area contributed by atoms with Gasteiger partial charge in [0.25, 0.3) is 0 Å². The van der Waals surface area contributed by atoms with Gasteiger partial charge in [-0.1, -0.05) is 36.9 Å². The molecule has 30 heavy (non-hydrogen) atoms. The Morgan fingerprint density at radius 2 is 1.87 bits per heavy atom. The first-order valence-corrected chi connectivity index (χ1v) is 11.1. The molecule has 1 N–H and O–H groups in total. The molecule has 8 heteroatoms. The zero-order valence-electron chi connectivity index (χ0n) is 16.6. The number of urea groups is 1. The molecule has 4 rings (SSSR count). The van der Waals surface area contributed by atoms with Crippen LogP contribution in [0.3, 0.4) is 0 Å². The van der Waals surface area contributed by atoms with Crippen LogP contribution in [-0.4, -0.2) is 30.8 Å². The van der Waals surface area contributed by atoms with Crippen molar-refractivity contribution in [2.24, 2.45) is 5.41 Å². The number of ether oxygens (including phenoxy) is 1. The Kier molecular flexibility index (Phi) is 5.84. The molecule has 2 aliphatic rings. The molecule has 1 heterocycles. The van der Waals surface area contributed by atoms with E-state index in [9.17, 15) is 14.7 Å². The number of halogens is 1. The van der Waals surface area contributed by atoms with E-state index in [4.69, 9.17) is 16.3 Å². The summed E-state index contributed by atoms with van der Waals surface area (Å²) in [5.74, 6) is -0.280. The standard InChI is InChI=1S/C22H23ClN2O4S/c1-24-19-17(29-14-22(20(26)27)12-3-2-4-13-22)6-5-7-18(19)30-25(21(24)28)16-10-8-15(23)9-11-16/h5-11H,2-4,12-14H2,1H3,(H,26,27). The Hall–Kier alpha value is -2.38. The molecule has 2 aromatic rings. The van der Waals surface area contributed by atoms with Gasteiger partial charge in [-0.25, -0.2) is 9.10 Å². The molecule has 0 radical (unpaired) electrons. The van der Waals surface area contributed by atoms with Crippen LogP contribution in [0.1, 0.15) is 32.1 Å². The van der Waals surface area contributed by atoms with Crippen LogP contribution in [0.5, 0.6) is 5.75 Å². The lowest BCUT2D eigenvalue weighted by Crippen LogP contribution is -2.41. The average Bonchev–Trinajstić information content (AvgIpc) is 2.76. The number of para-hydroxylation sites is 1. The lowest BCUT2D eigenvalue weighted by atomic mass is 9.75. The van der Waals surface area contributed by atoms with Gasteiger partial charge < -0.3 is 9.84 Å². The predicted molar refractivity (Wildman–Crippen MR) is 119 cm³/mol. The number of rotatable bonds is 5. The molecule has 0 aromatic heterocycles. The number of anilines is 2. The smallest absolute Gasteiger partial charge is 0.339 e. The van der Waals surface area contributed by atoms with Gasteiger partial charge in [0, 0.05) is 12.1 Å². The monoisotopic (exact) mass is 446 g/mol.